The molecular weight excluding hydrogens is 186 g/mol. The molecule has 2 nitrogen and oxygen atoms in total. The van der Waals surface area contributed by atoms with Gasteiger partial charge in [0.2, 0.25) is 0 Å². The van der Waals surface area contributed by atoms with Gasteiger partial charge in [-0.2, -0.15) is 0 Å². The summed E-state index contributed by atoms with van der Waals surface area (Å²) < 4.78 is 0. The highest BCUT2D eigenvalue weighted by molar-refractivity contribution is 4.61. The van der Waals surface area contributed by atoms with Crippen molar-refractivity contribution >= 4 is 0 Å². The molecule has 0 aromatic rings. The lowest BCUT2D eigenvalue weighted by molar-refractivity contribution is 0.248. The Morgan fingerprint density at radius 2 is 1.80 bits per heavy atom. The predicted octanol–water partition coefficient (Wildman–Crippen LogP) is 2.96. The van der Waals surface area contributed by atoms with Gasteiger partial charge in [0.25, 0.3) is 0 Å². The van der Waals surface area contributed by atoms with Crippen molar-refractivity contribution < 1.29 is 5.11 Å². The van der Waals surface area contributed by atoms with E-state index in [9.17, 15) is 0 Å². The van der Waals surface area contributed by atoms with Crippen LogP contribution in [-0.2, 0) is 0 Å². The van der Waals surface area contributed by atoms with Crippen molar-refractivity contribution in [3.63, 3.8) is 0 Å². The molecule has 0 bridgehead atoms. The van der Waals surface area contributed by atoms with Gasteiger partial charge in [-0.05, 0) is 38.3 Å². The van der Waals surface area contributed by atoms with E-state index in [-0.39, 0.29) is 0 Å². The topological polar surface area (TPSA) is 32.3 Å². The van der Waals surface area contributed by atoms with Crippen LogP contribution in [0.1, 0.15) is 58.8 Å². The van der Waals surface area contributed by atoms with Gasteiger partial charge in [0.15, 0.2) is 0 Å². The summed E-state index contributed by atoms with van der Waals surface area (Å²) in [5.74, 6) is 0.672. The van der Waals surface area contributed by atoms with Crippen LogP contribution >= 0.6 is 0 Å². The Morgan fingerprint density at radius 3 is 2.40 bits per heavy atom. The molecule has 0 aliphatic heterocycles. The fourth-order valence-electron chi connectivity index (χ4n) is 1.92. The minimum absolute atomic E-state index is 0.335. The maximum absolute atomic E-state index is 8.91. The molecule has 15 heavy (non-hydrogen) atoms. The first-order valence-corrected chi connectivity index (χ1v) is 6.66. The van der Waals surface area contributed by atoms with E-state index in [0.29, 0.717) is 12.5 Å². The van der Waals surface area contributed by atoms with Gasteiger partial charge in [0.1, 0.15) is 0 Å². The zero-order valence-corrected chi connectivity index (χ0v) is 10.6. The van der Waals surface area contributed by atoms with Gasteiger partial charge >= 0.3 is 0 Å². The summed E-state index contributed by atoms with van der Waals surface area (Å²) in [7, 11) is 0. The fraction of sp³-hybridized carbons (Fsp3) is 1.00. The lowest BCUT2D eigenvalue weighted by Gasteiger charge is -2.15. The first-order valence-electron chi connectivity index (χ1n) is 6.66. The van der Waals surface area contributed by atoms with Gasteiger partial charge in [-0.1, -0.05) is 39.5 Å². The van der Waals surface area contributed by atoms with Crippen LogP contribution in [-0.4, -0.2) is 24.8 Å². The van der Waals surface area contributed by atoms with E-state index in [2.05, 4.69) is 19.2 Å². The van der Waals surface area contributed by atoms with Crippen LogP contribution in [0.25, 0.3) is 0 Å². The van der Waals surface area contributed by atoms with Crippen molar-refractivity contribution in [2.75, 3.05) is 19.7 Å². The molecule has 0 aliphatic rings. The van der Waals surface area contributed by atoms with Gasteiger partial charge < -0.3 is 10.4 Å². The molecule has 2 N–H and O–H groups in total. The highest BCUT2D eigenvalue weighted by atomic mass is 16.3. The molecule has 0 rings (SSSR count). The van der Waals surface area contributed by atoms with Crippen LogP contribution in [0.4, 0.5) is 0 Å². The minimum Gasteiger partial charge on any atom is -0.396 e. The lowest BCUT2D eigenvalue weighted by Crippen LogP contribution is -2.24. The molecule has 1 unspecified atom stereocenters. The van der Waals surface area contributed by atoms with Crippen LogP contribution in [0, 0.1) is 5.92 Å². The molecule has 0 heterocycles. The number of unbranched alkanes of at least 4 members (excludes halogenated alkanes) is 3. The van der Waals surface area contributed by atoms with Crippen LogP contribution in [0.5, 0.6) is 0 Å². The summed E-state index contributed by atoms with van der Waals surface area (Å²) in [4.78, 5) is 0. The third-order valence-corrected chi connectivity index (χ3v) is 2.87. The van der Waals surface area contributed by atoms with Gasteiger partial charge in [-0.3, -0.25) is 0 Å². The zero-order chi connectivity index (χ0) is 11.4. The molecule has 0 aromatic carbocycles. The van der Waals surface area contributed by atoms with Crippen LogP contribution in [0.15, 0.2) is 0 Å². The maximum Gasteiger partial charge on any atom is 0.0434 e. The fourth-order valence-corrected chi connectivity index (χ4v) is 1.92. The van der Waals surface area contributed by atoms with E-state index in [1.54, 1.807) is 0 Å². The number of hydrogen-bond acceptors (Lipinski definition) is 2. The van der Waals surface area contributed by atoms with Gasteiger partial charge in [0, 0.05) is 6.61 Å². The third-order valence-electron chi connectivity index (χ3n) is 2.87. The second-order valence-electron chi connectivity index (χ2n) is 4.43. The maximum atomic E-state index is 8.91. The van der Waals surface area contributed by atoms with Gasteiger partial charge in [-0.25, -0.2) is 0 Å². The Balaban J connectivity index is 3.28. The summed E-state index contributed by atoms with van der Waals surface area (Å²) in [6.45, 7) is 7.02. The van der Waals surface area contributed by atoms with Crippen LogP contribution in [0.3, 0.4) is 0 Å². The Morgan fingerprint density at radius 1 is 1.00 bits per heavy atom. The first kappa shape index (κ1) is 14.9. The average molecular weight is 215 g/mol. The Bertz CT molecular complexity index is 111. The summed E-state index contributed by atoms with van der Waals surface area (Å²) in [5, 5.41) is 12.4. The lowest BCUT2D eigenvalue weighted by atomic mass is 10.0. The monoisotopic (exact) mass is 215 g/mol. The largest absolute Gasteiger partial charge is 0.396 e. The molecule has 92 valence electrons. The quantitative estimate of drug-likeness (QED) is 0.519. The van der Waals surface area contributed by atoms with Crippen molar-refractivity contribution in [1.29, 1.82) is 0 Å². The number of hydrogen-bond donors (Lipinski definition) is 2. The van der Waals surface area contributed by atoms with Crippen molar-refractivity contribution in [1.82, 2.24) is 5.32 Å². The summed E-state index contributed by atoms with van der Waals surface area (Å²) in [5.41, 5.74) is 0. The number of aliphatic hydroxyl groups excluding tert-OH is 1. The summed E-state index contributed by atoms with van der Waals surface area (Å²) in [6.07, 6.45) is 8.73. The van der Waals surface area contributed by atoms with Crippen molar-refractivity contribution in [3.8, 4) is 0 Å². The van der Waals surface area contributed by atoms with Crippen molar-refractivity contribution in [3.05, 3.63) is 0 Å². The highest BCUT2D eigenvalue weighted by Gasteiger charge is 2.05. The van der Waals surface area contributed by atoms with Crippen LogP contribution in [0.2, 0.25) is 0 Å². The predicted molar refractivity (Wildman–Crippen MR) is 67.1 cm³/mol. The second kappa shape index (κ2) is 12.0. The zero-order valence-electron chi connectivity index (χ0n) is 10.6. The van der Waals surface area contributed by atoms with Crippen LogP contribution < -0.4 is 5.32 Å². The van der Waals surface area contributed by atoms with E-state index in [1.807, 2.05) is 0 Å². The standard InChI is InChI=1S/C13H29NO/c1-3-5-6-7-10-14-12-13(8-4-2)9-11-15/h13-15H,3-12H2,1-2H3. The molecule has 0 saturated carbocycles. The molecule has 0 spiro atoms. The van der Waals surface area contributed by atoms with E-state index >= 15 is 0 Å². The van der Waals surface area contributed by atoms with Gasteiger partial charge in [-0.15, -0.1) is 0 Å². The Hall–Kier alpha value is -0.0800. The average Bonchev–Trinajstić information content (AvgIpc) is 2.24. The molecule has 0 saturated heterocycles. The molecular formula is C13H29NO. The van der Waals surface area contributed by atoms with E-state index in [4.69, 9.17) is 5.11 Å². The number of nitrogens with one attached hydrogen (secondary N) is 1. The molecule has 0 aromatic heterocycles. The number of aliphatic hydroxyl groups is 1. The van der Waals surface area contributed by atoms with Crippen molar-refractivity contribution in [2.24, 2.45) is 5.92 Å². The molecule has 1 atom stereocenters. The normalized spacial score (nSPS) is 13.0. The molecule has 0 amide bonds. The van der Waals surface area contributed by atoms with Gasteiger partial charge in [0.05, 0.1) is 0 Å². The first-order chi connectivity index (χ1) is 7.35. The highest BCUT2D eigenvalue weighted by Crippen LogP contribution is 2.09. The smallest absolute Gasteiger partial charge is 0.0434 e. The van der Waals surface area contributed by atoms with E-state index in [0.717, 1.165) is 19.5 Å². The summed E-state index contributed by atoms with van der Waals surface area (Å²) >= 11 is 0. The van der Waals surface area contributed by atoms with Crippen molar-refractivity contribution in [2.45, 2.75) is 58.8 Å². The third kappa shape index (κ3) is 10.2. The molecule has 0 radical (unpaired) electrons. The Kier molecular flexibility index (Phi) is 11.9. The molecule has 0 fully saturated rings. The molecule has 0 aliphatic carbocycles. The summed E-state index contributed by atoms with van der Waals surface area (Å²) in [6, 6.07) is 0. The number of rotatable bonds is 11. The minimum atomic E-state index is 0.335. The Labute approximate surface area is 95.5 Å². The van der Waals surface area contributed by atoms with E-state index < -0.39 is 0 Å². The SMILES string of the molecule is CCCCCCNCC(CCC)CCO. The second-order valence-corrected chi connectivity index (χ2v) is 4.43. The van der Waals surface area contributed by atoms with E-state index in [1.165, 1.54) is 38.5 Å². The molecule has 2 heteroatoms.